The average molecular weight is 358 g/mol. The minimum Gasteiger partial charge on any atom is -0.388 e. The summed E-state index contributed by atoms with van der Waals surface area (Å²) in [5, 5.41) is 22.7. The lowest BCUT2D eigenvalue weighted by atomic mass is 10.1. The third kappa shape index (κ3) is 4.14. The van der Waals surface area contributed by atoms with Crippen LogP contribution in [0.5, 0.6) is 0 Å². The number of hydrogen-bond acceptors (Lipinski definition) is 6. The fourth-order valence-corrected chi connectivity index (χ4v) is 4.00. The van der Waals surface area contributed by atoms with Crippen LogP contribution in [0.15, 0.2) is 52.9 Å². The molecule has 0 fully saturated rings. The van der Waals surface area contributed by atoms with Crippen LogP contribution in [0.1, 0.15) is 22.8 Å². The van der Waals surface area contributed by atoms with Gasteiger partial charge in [0.15, 0.2) is 4.34 Å². The highest BCUT2D eigenvalue weighted by molar-refractivity contribution is 8.01. The molecule has 2 N–H and O–H groups in total. The van der Waals surface area contributed by atoms with Gasteiger partial charge in [-0.25, -0.2) is 0 Å². The Balaban J connectivity index is 1.60. The van der Waals surface area contributed by atoms with E-state index in [1.165, 1.54) is 34.2 Å². The predicted molar refractivity (Wildman–Crippen MR) is 101 cm³/mol. The number of aryl methyl sites for hydroxylation is 1. The van der Waals surface area contributed by atoms with Gasteiger partial charge in [0, 0.05) is 11.4 Å². The number of aliphatic hydroxyl groups is 1. The largest absolute Gasteiger partial charge is 0.388 e. The normalized spacial score (nSPS) is 12.1. The zero-order chi connectivity index (χ0) is 16.9. The Kier molecular flexibility index (Phi) is 5.50. The molecule has 2 aromatic carbocycles. The lowest BCUT2D eigenvalue weighted by Gasteiger charge is -2.09. The van der Waals surface area contributed by atoms with Crippen LogP contribution in [0, 0.1) is 13.8 Å². The number of nitrogens with one attached hydrogen (secondary N) is 1. The molecular formula is C18H19N3OS2. The summed E-state index contributed by atoms with van der Waals surface area (Å²) >= 11 is 3.01. The van der Waals surface area contributed by atoms with Crippen molar-refractivity contribution in [1.82, 2.24) is 10.2 Å². The maximum atomic E-state index is 10.2. The topological polar surface area (TPSA) is 58.0 Å². The lowest BCUT2D eigenvalue weighted by molar-refractivity contribution is 0.204. The summed E-state index contributed by atoms with van der Waals surface area (Å²) in [6.07, 6.45) is -0.504. The van der Waals surface area contributed by atoms with E-state index < -0.39 is 6.10 Å². The molecule has 0 saturated heterocycles. The average Bonchev–Trinajstić information content (AvgIpc) is 3.05. The van der Waals surface area contributed by atoms with Gasteiger partial charge >= 0.3 is 0 Å². The summed E-state index contributed by atoms with van der Waals surface area (Å²) in [5.74, 6) is 0.558. The van der Waals surface area contributed by atoms with Gasteiger partial charge < -0.3 is 10.4 Å². The van der Waals surface area contributed by atoms with Crippen molar-refractivity contribution < 1.29 is 5.11 Å². The van der Waals surface area contributed by atoms with Crippen LogP contribution in [0.3, 0.4) is 0 Å². The van der Waals surface area contributed by atoms with E-state index in [2.05, 4.69) is 35.4 Å². The summed E-state index contributed by atoms with van der Waals surface area (Å²) in [7, 11) is 0. The van der Waals surface area contributed by atoms with Crippen LogP contribution < -0.4 is 5.32 Å². The van der Waals surface area contributed by atoms with Crippen LogP contribution in [0.4, 0.5) is 10.8 Å². The Labute approximate surface area is 150 Å². The molecule has 0 saturated carbocycles. The van der Waals surface area contributed by atoms with Crippen molar-refractivity contribution in [2.75, 3.05) is 11.1 Å². The number of aliphatic hydroxyl groups excluding tert-OH is 1. The molecule has 1 heterocycles. The quantitative estimate of drug-likeness (QED) is 0.625. The van der Waals surface area contributed by atoms with Crippen LogP contribution in [0.25, 0.3) is 0 Å². The van der Waals surface area contributed by atoms with Crippen LogP contribution in [0.2, 0.25) is 0 Å². The molecule has 0 aliphatic carbocycles. The van der Waals surface area contributed by atoms with E-state index in [0.717, 1.165) is 20.7 Å². The zero-order valence-corrected chi connectivity index (χ0v) is 15.2. The molecular weight excluding hydrogens is 338 g/mol. The standard InChI is InChI=1S/C18H19N3OS2/c1-12-7-6-10-15(13(12)2)19-17-20-21-18(24-17)23-11-16(22)14-8-4-3-5-9-14/h3-10,16,22H,11H2,1-2H3,(H,19,20). The number of aromatic nitrogens is 2. The maximum absolute atomic E-state index is 10.2. The van der Waals surface area contributed by atoms with Crippen LogP contribution in [-0.4, -0.2) is 21.1 Å². The summed E-state index contributed by atoms with van der Waals surface area (Å²) in [5.41, 5.74) is 4.42. The highest BCUT2D eigenvalue weighted by Crippen LogP contribution is 2.31. The Morgan fingerprint density at radius 2 is 1.88 bits per heavy atom. The molecule has 0 aliphatic rings. The lowest BCUT2D eigenvalue weighted by Crippen LogP contribution is -1.99. The Bertz CT molecular complexity index is 805. The number of rotatable bonds is 6. The van der Waals surface area contributed by atoms with Crippen molar-refractivity contribution in [2.45, 2.75) is 24.3 Å². The molecule has 4 nitrogen and oxygen atoms in total. The van der Waals surface area contributed by atoms with Crippen molar-refractivity contribution in [3.05, 3.63) is 65.2 Å². The van der Waals surface area contributed by atoms with Gasteiger partial charge in [0.2, 0.25) is 5.13 Å². The van der Waals surface area contributed by atoms with E-state index in [-0.39, 0.29) is 0 Å². The SMILES string of the molecule is Cc1cccc(Nc2nnc(SCC(O)c3ccccc3)s2)c1C. The molecule has 3 aromatic rings. The molecule has 0 aliphatic heterocycles. The molecule has 1 atom stereocenters. The summed E-state index contributed by atoms with van der Waals surface area (Å²) in [6, 6.07) is 15.8. The second-order valence-electron chi connectivity index (χ2n) is 5.48. The van der Waals surface area contributed by atoms with E-state index in [1.807, 2.05) is 42.5 Å². The minimum absolute atomic E-state index is 0.504. The van der Waals surface area contributed by atoms with Crippen LogP contribution >= 0.6 is 23.1 Å². The number of nitrogens with zero attached hydrogens (tertiary/aromatic N) is 2. The third-order valence-electron chi connectivity index (χ3n) is 3.80. The first-order chi connectivity index (χ1) is 11.6. The van der Waals surface area contributed by atoms with Gasteiger partial charge in [-0.15, -0.1) is 10.2 Å². The molecule has 1 aromatic heterocycles. The van der Waals surface area contributed by atoms with Crippen molar-refractivity contribution in [1.29, 1.82) is 0 Å². The predicted octanol–water partition coefficient (Wildman–Crippen LogP) is 4.72. The molecule has 6 heteroatoms. The van der Waals surface area contributed by atoms with E-state index >= 15 is 0 Å². The molecule has 0 bridgehead atoms. The van der Waals surface area contributed by atoms with E-state index in [4.69, 9.17) is 0 Å². The minimum atomic E-state index is -0.504. The first-order valence-electron chi connectivity index (χ1n) is 7.66. The highest BCUT2D eigenvalue weighted by Gasteiger charge is 2.11. The molecule has 0 spiro atoms. The van der Waals surface area contributed by atoms with Gasteiger partial charge in [0.1, 0.15) is 0 Å². The third-order valence-corrected chi connectivity index (χ3v) is 5.85. The van der Waals surface area contributed by atoms with Crippen molar-refractivity contribution in [3.63, 3.8) is 0 Å². The summed E-state index contributed by atoms with van der Waals surface area (Å²) < 4.78 is 0.845. The maximum Gasteiger partial charge on any atom is 0.210 e. The van der Waals surface area contributed by atoms with Crippen LogP contribution in [-0.2, 0) is 0 Å². The molecule has 0 radical (unpaired) electrons. The molecule has 124 valence electrons. The number of hydrogen-bond donors (Lipinski definition) is 2. The van der Waals surface area contributed by atoms with Gasteiger partial charge in [-0.2, -0.15) is 0 Å². The van der Waals surface area contributed by atoms with Gasteiger partial charge in [0.25, 0.3) is 0 Å². The highest BCUT2D eigenvalue weighted by atomic mass is 32.2. The number of benzene rings is 2. The van der Waals surface area contributed by atoms with Crippen molar-refractivity contribution in [3.8, 4) is 0 Å². The van der Waals surface area contributed by atoms with E-state index in [9.17, 15) is 5.11 Å². The second kappa shape index (κ2) is 7.79. The van der Waals surface area contributed by atoms with Gasteiger partial charge in [0.05, 0.1) is 6.10 Å². The molecule has 1 unspecified atom stereocenters. The number of thioether (sulfide) groups is 1. The smallest absolute Gasteiger partial charge is 0.210 e. The molecule has 24 heavy (non-hydrogen) atoms. The zero-order valence-electron chi connectivity index (χ0n) is 13.6. The van der Waals surface area contributed by atoms with E-state index in [0.29, 0.717) is 5.75 Å². The molecule has 3 rings (SSSR count). The van der Waals surface area contributed by atoms with Gasteiger partial charge in [-0.05, 0) is 36.6 Å². The van der Waals surface area contributed by atoms with Crippen molar-refractivity contribution in [2.24, 2.45) is 0 Å². The monoisotopic (exact) mass is 357 g/mol. The first kappa shape index (κ1) is 17.0. The van der Waals surface area contributed by atoms with Gasteiger partial charge in [-0.3, -0.25) is 0 Å². The van der Waals surface area contributed by atoms with Crippen molar-refractivity contribution >= 4 is 33.9 Å². The Morgan fingerprint density at radius 3 is 2.67 bits per heavy atom. The summed E-state index contributed by atoms with van der Waals surface area (Å²) in [4.78, 5) is 0. The Hall–Kier alpha value is -1.89. The molecule has 0 amide bonds. The van der Waals surface area contributed by atoms with Gasteiger partial charge in [-0.1, -0.05) is 65.6 Å². The second-order valence-corrected chi connectivity index (χ2v) is 7.73. The fourth-order valence-electron chi connectivity index (χ4n) is 2.24. The number of anilines is 2. The van der Waals surface area contributed by atoms with E-state index in [1.54, 1.807) is 0 Å². The summed E-state index contributed by atoms with van der Waals surface area (Å²) in [6.45, 7) is 4.18. The fraction of sp³-hybridized carbons (Fsp3) is 0.222. The Morgan fingerprint density at radius 1 is 1.08 bits per heavy atom. The first-order valence-corrected chi connectivity index (χ1v) is 9.46.